The number of pyridine rings is 1. The van der Waals surface area contributed by atoms with Crippen molar-refractivity contribution in [1.29, 1.82) is 0 Å². The number of aromatic nitrogens is 1. The van der Waals surface area contributed by atoms with Crippen molar-refractivity contribution in [1.82, 2.24) is 9.88 Å². The van der Waals surface area contributed by atoms with Gasteiger partial charge in [0.25, 0.3) is 5.91 Å². The normalized spacial score (nSPS) is 19.4. The smallest absolute Gasteiger partial charge is 0.308 e. The molecule has 0 radical (unpaired) electrons. The molecule has 1 saturated heterocycles. The Bertz CT molecular complexity index is 464. The fraction of sp³-hybridized carbons (Fsp3) is 0.364. The number of aliphatic carboxylic acids is 1. The Hall–Kier alpha value is -1.98. The van der Waals surface area contributed by atoms with Crippen molar-refractivity contribution in [3.63, 3.8) is 0 Å². The fourth-order valence-electron chi connectivity index (χ4n) is 1.87. The summed E-state index contributed by atoms with van der Waals surface area (Å²) in [6, 6.07) is 1.30. The van der Waals surface area contributed by atoms with E-state index in [9.17, 15) is 14.0 Å². The lowest BCUT2D eigenvalue weighted by Gasteiger charge is -2.15. The predicted molar refractivity (Wildman–Crippen MR) is 55.8 cm³/mol. The number of nitrogens with zero attached hydrogens (tertiary/aromatic N) is 2. The molecule has 1 atom stereocenters. The van der Waals surface area contributed by atoms with Crippen molar-refractivity contribution in [3.8, 4) is 0 Å². The molecule has 2 rings (SSSR count). The molecule has 1 aromatic rings. The van der Waals surface area contributed by atoms with E-state index in [0.29, 0.717) is 13.0 Å². The minimum Gasteiger partial charge on any atom is -0.481 e. The van der Waals surface area contributed by atoms with E-state index in [-0.39, 0.29) is 12.1 Å². The highest BCUT2D eigenvalue weighted by Gasteiger charge is 2.32. The van der Waals surface area contributed by atoms with Crippen LogP contribution in [0.2, 0.25) is 0 Å². The number of amides is 1. The van der Waals surface area contributed by atoms with Gasteiger partial charge in [0.2, 0.25) is 0 Å². The summed E-state index contributed by atoms with van der Waals surface area (Å²) in [5.74, 6) is -2.63. The van der Waals surface area contributed by atoms with E-state index in [2.05, 4.69) is 4.98 Å². The summed E-state index contributed by atoms with van der Waals surface area (Å²) in [4.78, 5) is 27.6. The van der Waals surface area contributed by atoms with Crippen LogP contribution in [0.15, 0.2) is 18.5 Å². The topological polar surface area (TPSA) is 70.5 Å². The molecule has 1 aliphatic heterocycles. The standard InChI is InChI=1S/C11H11FN2O3/c12-9-5-13-3-1-8(9)10(15)14-4-2-7(6-14)11(16)17/h1,3,5,7H,2,4,6H2,(H,16,17)/t7-/m1/s1. The Kier molecular flexibility index (Phi) is 3.03. The van der Waals surface area contributed by atoms with Crippen LogP contribution in [0.3, 0.4) is 0 Å². The SMILES string of the molecule is O=C(O)[C@@H]1CCN(C(=O)c2ccncc2F)C1. The first-order chi connectivity index (χ1) is 8.09. The lowest BCUT2D eigenvalue weighted by molar-refractivity contribution is -0.141. The van der Waals surface area contributed by atoms with Gasteiger partial charge < -0.3 is 10.0 Å². The number of carboxylic acids is 1. The van der Waals surface area contributed by atoms with Gasteiger partial charge >= 0.3 is 5.97 Å². The average Bonchev–Trinajstić information content (AvgIpc) is 2.78. The van der Waals surface area contributed by atoms with Crippen LogP contribution in [0, 0.1) is 11.7 Å². The summed E-state index contributed by atoms with van der Waals surface area (Å²) in [6.07, 6.45) is 2.72. The molecule has 0 saturated carbocycles. The highest BCUT2D eigenvalue weighted by Crippen LogP contribution is 2.19. The van der Waals surface area contributed by atoms with Crippen molar-refractivity contribution in [2.75, 3.05) is 13.1 Å². The van der Waals surface area contributed by atoms with E-state index < -0.39 is 23.6 Å². The highest BCUT2D eigenvalue weighted by molar-refractivity contribution is 5.94. The van der Waals surface area contributed by atoms with Crippen LogP contribution in [0.1, 0.15) is 16.8 Å². The minimum atomic E-state index is -0.921. The maximum atomic E-state index is 13.3. The lowest BCUT2D eigenvalue weighted by Crippen LogP contribution is -2.30. The molecule has 5 nitrogen and oxygen atoms in total. The molecule has 1 aromatic heterocycles. The molecule has 0 bridgehead atoms. The number of carboxylic acid groups (broad SMARTS) is 1. The molecular weight excluding hydrogens is 227 g/mol. The molecular formula is C11H11FN2O3. The van der Waals surface area contributed by atoms with Gasteiger partial charge in [0.15, 0.2) is 5.82 Å². The maximum Gasteiger partial charge on any atom is 0.308 e. The van der Waals surface area contributed by atoms with Crippen LogP contribution >= 0.6 is 0 Å². The van der Waals surface area contributed by atoms with Gasteiger partial charge in [-0.2, -0.15) is 0 Å². The van der Waals surface area contributed by atoms with Crippen molar-refractivity contribution >= 4 is 11.9 Å². The Morgan fingerprint density at radius 3 is 2.88 bits per heavy atom. The first kappa shape index (κ1) is 11.5. The molecule has 1 fully saturated rings. The van der Waals surface area contributed by atoms with Gasteiger partial charge in [0.1, 0.15) is 0 Å². The predicted octanol–water partition coefficient (Wildman–Crippen LogP) is 0.767. The third-order valence-corrected chi connectivity index (χ3v) is 2.83. The van der Waals surface area contributed by atoms with Crippen LogP contribution < -0.4 is 0 Å². The molecule has 90 valence electrons. The second kappa shape index (κ2) is 4.48. The van der Waals surface area contributed by atoms with Crippen molar-refractivity contribution in [2.45, 2.75) is 6.42 Å². The van der Waals surface area contributed by atoms with Crippen LogP contribution in [-0.2, 0) is 4.79 Å². The molecule has 6 heteroatoms. The summed E-state index contributed by atoms with van der Waals surface area (Å²) < 4.78 is 13.3. The molecule has 0 aromatic carbocycles. The quantitative estimate of drug-likeness (QED) is 0.826. The van der Waals surface area contributed by atoms with E-state index in [1.165, 1.54) is 17.2 Å². The average molecular weight is 238 g/mol. The Labute approximate surface area is 96.9 Å². The first-order valence-electron chi connectivity index (χ1n) is 5.21. The summed E-state index contributed by atoms with van der Waals surface area (Å²) >= 11 is 0. The lowest BCUT2D eigenvalue weighted by atomic mass is 10.1. The monoisotopic (exact) mass is 238 g/mol. The van der Waals surface area contributed by atoms with Gasteiger partial charge in [0.05, 0.1) is 17.7 Å². The zero-order valence-electron chi connectivity index (χ0n) is 8.97. The van der Waals surface area contributed by atoms with Crippen molar-refractivity contribution < 1.29 is 19.1 Å². The molecule has 17 heavy (non-hydrogen) atoms. The van der Waals surface area contributed by atoms with E-state index in [0.717, 1.165) is 6.20 Å². The van der Waals surface area contributed by atoms with Crippen LogP contribution in [0.25, 0.3) is 0 Å². The van der Waals surface area contributed by atoms with Gasteiger partial charge in [-0.3, -0.25) is 14.6 Å². The highest BCUT2D eigenvalue weighted by atomic mass is 19.1. The largest absolute Gasteiger partial charge is 0.481 e. The Balaban J connectivity index is 2.13. The summed E-state index contributed by atoms with van der Waals surface area (Å²) in [7, 11) is 0. The second-order valence-electron chi connectivity index (χ2n) is 3.93. The number of carbonyl (C=O) groups is 2. The molecule has 0 aliphatic carbocycles. The number of likely N-dealkylation sites (tertiary alicyclic amines) is 1. The zero-order chi connectivity index (χ0) is 12.4. The number of halogens is 1. The van der Waals surface area contributed by atoms with Gasteiger partial charge in [0, 0.05) is 19.3 Å². The third-order valence-electron chi connectivity index (χ3n) is 2.83. The molecule has 1 amide bonds. The third kappa shape index (κ3) is 2.25. The summed E-state index contributed by atoms with van der Waals surface area (Å²) in [5.41, 5.74) is -0.0639. The molecule has 2 heterocycles. The zero-order valence-corrected chi connectivity index (χ0v) is 8.97. The van der Waals surface area contributed by atoms with Crippen molar-refractivity contribution in [3.05, 3.63) is 29.8 Å². The molecule has 0 unspecified atom stereocenters. The van der Waals surface area contributed by atoms with Crippen LogP contribution in [-0.4, -0.2) is 40.0 Å². The minimum absolute atomic E-state index is 0.0639. The molecule has 1 aliphatic rings. The number of rotatable bonds is 2. The Morgan fingerprint density at radius 2 is 2.29 bits per heavy atom. The first-order valence-corrected chi connectivity index (χ1v) is 5.21. The molecule has 1 N–H and O–H groups in total. The van der Waals surface area contributed by atoms with E-state index in [1.807, 2.05) is 0 Å². The fourth-order valence-corrected chi connectivity index (χ4v) is 1.87. The van der Waals surface area contributed by atoms with Crippen LogP contribution in [0.5, 0.6) is 0 Å². The summed E-state index contributed by atoms with van der Waals surface area (Å²) in [5, 5.41) is 8.82. The number of hydrogen-bond donors (Lipinski definition) is 1. The van der Waals surface area contributed by atoms with Gasteiger partial charge in [-0.15, -0.1) is 0 Å². The summed E-state index contributed by atoms with van der Waals surface area (Å²) in [6.45, 7) is 0.480. The van der Waals surface area contributed by atoms with Crippen LogP contribution in [0.4, 0.5) is 4.39 Å². The van der Waals surface area contributed by atoms with Gasteiger partial charge in [-0.25, -0.2) is 4.39 Å². The van der Waals surface area contributed by atoms with E-state index in [4.69, 9.17) is 5.11 Å². The van der Waals surface area contributed by atoms with Crippen molar-refractivity contribution in [2.24, 2.45) is 5.92 Å². The van der Waals surface area contributed by atoms with Gasteiger partial charge in [-0.1, -0.05) is 0 Å². The molecule has 0 spiro atoms. The number of hydrogen-bond acceptors (Lipinski definition) is 3. The number of carbonyl (C=O) groups excluding carboxylic acids is 1. The second-order valence-corrected chi connectivity index (χ2v) is 3.93. The van der Waals surface area contributed by atoms with E-state index in [1.54, 1.807) is 0 Å². The van der Waals surface area contributed by atoms with Gasteiger partial charge in [-0.05, 0) is 12.5 Å². The maximum absolute atomic E-state index is 13.3. The van der Waals surface area contributed by atoms with E-state index >= 15 is 0 Å². The Morgan fingerprint density at radius 1 is 1.53 bits per heavy atom.